The highest BCUT2D eigenvalue weighted by molar-refractivity contribution is 6.32. The molecule has 5 rings (SSSR count). The second-order valence-electron chi connectivity index (χ2n) is 8.87. The van der Waals surface area contributed by atoms with Crippen LogP contribution in [-0.2, 0) is 9.59 Å². The number of hydrogen-bond donors (Lipinski definition) is 0. The fraction of sp³-hybridized carbons (Fsp3) is 0.172. The molecule has 0 fully saturated rings. The number of carbonyl (C=O) groups is 2. The molecule has 1 aromatic heterocycles. The van der Waals surface area contributed by atoms with E-state index in [4.69, 9.17) is 33.3 Å². The molecule has 0 spiro atoms. The number of benzene rings is 3. The fourth-order valence-electron chi connectivity index (χ4n) is 4.82. The smallest absolute Gasteiger partial charge is 0.243 e. The molecule has 37 heavy (non-hydrogen) atoms. The van der Waals surface area contributed by atoms with Crippen LogP contribution < -0.4 is 5.11 Å². The van der Waals surface area contributed by atoms with Crippen molar-refractivity contribution in [1.82, 2.24) is 9.99 Å². The van der Waals surface area contributed by atoms with Crippen LogP contribution in [0.5, 0.6) is 0 Å². The van der Waals surface area contributed by atoms with Crippen LogP contribution in [0, 0.1) is 6.92 Å². The summed E-state index contributed by atoms with van der Waals surface area (Å²) < 4.78 is 0. The molecule has 0 aliphatic carbocycles. The molecular weight excluding hydrogens is 509 g/mol. The number of aryl methyl sites for hydroxylation is 1. The molecule has 1 unspecified atom stereocenters. The number of amides is 1. The largest absolute Gasteiger partial charge is 0.550 e. The Morgan fingerprint density at radius 3 is 2.43 bits per heavy atom. The number of carboxylic acids is 1. The molecule has 0 saturated carbocycles. The van der Waals surface area contributed by atoms with Crippen molar-refractivity contribution in [1.29, 1.82) is 0 Å². The van der Waals surface area contributed by atoms with Crippen LogP contribution in [0.3, 0.4) is 0 Å². The number of halogens is 2. The molecule has 0 bridgehead atoms. The summed E-state index contributed by atoms with van der Waals surface area (Å²) in [5, 5.41) is 19.1. The molecule has 0 N–H and O–H groups in total. The molecule has 6 nitrogen and oxygen atoms in total. The molecule has 1 aliphatic rings. The Hall–Kier alpha value is -3.74. The van der Waals surface area contributed by atoms with Gasteiger partial charge in [-0.2, -0.15) is 5.10 Å². The fourth-order valence-corrected chi connectivity index (χ4v) is 5.25. The lowest BCUT2D eigenvalue weighted by atomic mass is 9.89. The highest BCUT2D eigenvalue weighted by Crippen LogP contribution is 2.41. The minimum atomic E-state index is -1.29. The van der Waals surface area contributed by atoms with Crippen molar-refractivity contribution in [2.45, 2.75) is 32.2 Å². The molecule has 8 heteroatoms. The summed E-state index contributed by atoms with van der Waals surface area (Å²) in [5.74, 6) is -1.70. The molecule has 1 amide bonds. The summed E-state index contributed by atoms with van der Waals surface area (Å²) in [6.07, 6.45) is -0.231. The van der Waals surface area contributed by atoms with E-state index in [-0.39, 0.29) is 12.8 Å². The van der Waals surface area contributed by atoms with Crippen LogP contribution in [0.1, 0.15) is 42.1 Å². The van der Waals surface area contributed by atoms with E-state index >= 15 is 0 Å². The number of nitrogens with zero attached hydrogens (tertiary/aromatic N) is 3. The van der Waals surface area contributed by atoms with Crippen LogP contribution >= 0.6 is 23.2 Å². The van der Waals surface area contributed by atoms with E-state index < -0.39 is 17.9 Å². The molecule has 2 heterocycles. The number of carboxylic acid groups (broad SMARTS) is 1. The summed E-state index contributed by atoms with van der Waals surface area (Å²) in [6, 6.07) is 22.3. The van der Waals surface area contributed by atoms with Gasteiger partial charge in [0.15, 0.2) is 0 Å². The monoisotopic (exact) mass is 530 g/mol. The van der Waals surface area contributed by atoms with Crippen molar-refractivity contribution < 1.29 is 14.7 Å². The van der Waals surface area contributed by atoms with Gasteiger partial charge in [-0.3, -0.25) is 9.78 Å². The third-order valence-corrected chi connectivity index (χ3v) is 7.03. The zero-order chi connectivity index (χ0) is 26.1. The molecular formula is C29H22Cl2N3O3-. The van der Waals surface area contributed by atoms with Gasteiger partial charge in [0, 0.05) is 51.1 Å². The topological polar surface area (TPSA) is 85.7 Å². The number of aromatic nitrogens is 1. The maximum atomic E-state index is 13.2. The Morgan fingerprint density at radius 2 is 1.70 bits per heavy atom. The quantitative estimate of drug-likeness (QED) is 0.318. The van der Waals surface area contributed by atoms with E-state index in [2.05, 4.69) is 0 Å². The minimum Gasteiger partial charge on any atom is -0.550 e. The zero-order valence-corrected chi connectivity index (χ0v) is 21.5. The Bertz CT molecular complexity index is 1550. The highest BCUT2D eigenvalue weighted by atomic mass is 35.5. The van der Waals surface area contributed by atoms with Gasteiger partial charge in [-0.15, -0.1) is 0 Å². The molecule has 1 aliphatic heterocycles. The van der Waals surface area contributed by atoms with Crippen LogP contribution in [0.4, 0.5) is 0 Å². The van der Waals surface area contributed by atoms with Crippen molar-refractivity contribution >= 4 is 51.7 Å². The van der Waals surface area contributed by atoms with Crippen LogP contribution in [0.15, 0.2) is 77.9 Å². The van der Waals surface area contributed by atoms with Gasteiger partial charge < -0.3 is 9.90 Å². The number of hydrogen-bond acceptors (Lipinski definition) is 5. The Labute approximate surface area is 224 Å². The van der Waals surface area contributed by atoms with Gasteiger partial charge in [0.2, 0.25) is 5.91 Å². The first-order valence-electron chi connectivity index (χ1n) is 11.8. The maximum Gasteiger partial charge on any atom is 0.243 e. The van der Waals surface area contributed by atoms with E-state index in [1.807, 2.05) is 73.7 Å². The second kappa shape index (κ2) is 10.3. The number of fused-ring (bicyclic) bond motifs is 1. The lowest BCUT2D eigenvalue weighted by molar-refractivity contribution is -0.305. The SMILES string of the molecule is Cc1nc2ccc(Cl)cc2c(-c2ccccc2)c1C1=NN(C(=O)CCC(=O)[O-])C(c2ccccc2Cl)C1. The van der Waals surface area contributed by atoms with Crippen molar-refractivity contribution in [3.8, 4) is 11.1 Å². The first-order chi connectivity index (χ1) is 17.8. The Balaban J connectivity index is 1.70. The van der Waals surface area contributed by atoms with Crippen molar-refractivity contribution in [3.05, 3.63) is 99.7 Å². The zero-order valence-electron chi connectivity index (χ0n) is 19.9. The summed E-state index contributed by atoms with van der Waals surface area (Å²) in [5.41, 5.74) is 5.66. The predicted molar refractivity (Wildman–Crippen MR) is 143 cm³/mol. The number of rotatable bonds is 6. The van der Waals surface area contributed by atoms with Crippen molar-refractivity contribution in [3.63, 3.8) is 0 Å². The van der Waals surface area contributed by atoms with Crippen LogP contribution in [0.2, 0.25) is 10.0 Å². The van der Waals surface area contributed by atoms with E-state index in [0.29, 0.717) is 22.2 Å². The van der Waals surface area contributed by atoms with Gasteiger partial charge in [-0.1, -0.05) is 71.7 Å². The standard InChI is InChI=1S/C29H23Cl2N3O3/c1-17-28(29(18-7-3-2-4-8-18)21-15-19(30)11-12-23(21)32-17)24-16-25(20-9-5-6-10-22(20)31)34(33-24)26(35)13-14-27(36)37/h2-12,15,25H,13-14,16H2,1H3,(H,36,37)/p-1. The molecule has 1 atom stereocenters. The maximum absolute atomic E-state index is 13.2. The second-order valence-corrected chi connectivity index (χ2v) is 9.72. The lowest BCUT2D eigenvalue weighted by Gasteiger charge is -2.23. The van der Waals surface area contributed by atoms with Gasteiger partial charge in [0.25, 0.3) is 0 Å². The molecule has 4 aromatic rings. The molecule has 0 radical (unpaired) electrons. The van der Waals surface area contributed by atoms with Crippen molar-refractivity contribution in [2.75, 3.05) is 0 Å². The number of carbonyl (C=O) groups excluding carboxylic acids is 2. The van der Waals surface area contributed by atoms with Crippen molar-refractivity contribution in [2.24, 2.45) is 5.10 Å². The summed E-state index contributed by atoms with van der Waals surface area (Å²) >= 11 is 12.9. The van der Waals surface area contributed by atoms with Crippen LogP contribution in [-0.4, -0.2) is 27.6 Å². The Kier molecular flexibility index (Phi) is 6.96. The van der Waals surface area contributed by atoms with E-state index in [9.17, 15) is 14.7 Å². The van der Waals surface area contributed by atoms with Gasteiger partial charge in [-0.05, 0) is 48.7 Å². The number of hydrazone groups is 1. The third-order valence-electron chi connectivity index (χ3n) is 6.45. The first kappa shape index (κ1) is 24.9. The van der Waals surface area contributed by atoms with E-state index in [1.54, 1.807) is 6.07 Å². The summed E-state index contributed by atoms with van der Waals surface area (Å²) in [7, 11) is 0. The van der Waals surface area contributed by atoms with Gasteiger partial charge >= 0.3 is 0 Å². The van der Waals surface area contributed by atoms with Crippen LogP contribution in [0.25, 0.3) is 22.0 Å². The van der Waals surface area contributed by atoms with Gasteiger partial charge in [0.05, 0.1) is 17.3 Å². The summed E-state index contributed by atoms with van der Waals surface area (Å²) in [4.78, 5) is 29.1. The number of pyridine rings is 1. The number of aliphatic carboxylic acids is 1. The molecule has 186 valence electrons. The van der Waals surface area contributed by atoms with E-state index in [1.165, 1.54) is 5.01 Å². The predicted octanol–water partition coefficient (Wildman–Crippen LogP) is 5.72. The average molecular weight is 531 g/mol. The molecule has 0 saturated heterocycles. The lowest BCUT2D eigenvalue weighted by Crippen LogP contribution is -2.30. The average Bonchev–Trinajstić information content (AvgIpc) is 3.32. The minimum absolute atomic E-state index is 0.226. The summed E-state index contributed by atoms with van der Waals surface area (Å²) in [6.45, 7) is 1.92. The normalized spacial score (nSPS) is 15.2. The third kappa shape index (κ3) is 4.95. The Morgan fingerprint density at radius 1 is 0.973 bits per heavy atom. The first-order valence-corrected chi connectivity index (χ1v) is 12.6. The molecule has 3 aromatic carbocycles. The van der Waals surface area contributed by atoms with E-state index in [0.717, 1.165) is 38.9 Å². The van der Waals surface area contributed by atoms with Gasteiger partial charge in [0.1, 0.15) is 0 Å². The highest BCUT2D eigenvalue weighted by Gasteiger charge is 2.35. The van der Waals surface area contributed by atoms with Gasteiger partial charge in [-0.25, -0.2) is 5.01 Å².